The lowest BCUT2D eigenvalue weighted by atomic mass is 10.1. The molecule has 2 N–H and O–H groups in total. The smallest absolute Gasteiger partial charge is 0.407 e. The maximum absolute atomic E-state index is 11.6. The maximum atomic E-state index is 11.6. The largest absolute Gasteiger partial charge is 0.444 e. The van der Waals surface area contributed by atoms with Crippen molar-refractivity contribution in [3.8, 4) is 0 Å². The average Bonchev–Trinajstić information content (AvgIpc) is 2.97. The highest BCUT2D eigenvalue weighted by molar-refractivity contribution is 7.85. The number of amides is 1. The number of hydrogen-bond donors (Lipinski definition) is 2. The van der Waals surface area contributed by atoms with Crippen LogP contribution in [0, 0.1) is 0 Å². The molecule has 1 saturated heterocycles. The predicted octanol–water partition coefficient (Wildman–Crippen LogP) is 1.15. The minimum Gasteiger partial charge on any atom is -0.444 e. The predicted molar refractivity (Wildman–Crippen MR) is 75.6 cm³/mol. The summed E-state index contributed by atoms with van der Waals surface area (Å²) in [7, 11) is -0.614. The summed E-state index contributed by atoms with van der Waals surface area (Å²) in [5.41, 5.74) is -0.449. The van der Waals surface area contributed by atoms with E-state index in [1.165, 1.54) is 0 Å². The summed E-state index contributed by atoms with van der Waals surface area (Å²) >= 11 is 0. The van der Waals surface area contributed by atoms with Crippen molar-refractivity contribution in [1.29, 1.82) is 0 Å². The summed E-state index contributed by atoms with van der Waals surface area (Å²) in [5, 5.41) is 6.40. The van der Waals surface area contributed by atoms with Crippen LogP contribution >= 0.6 is 0 Å². The zero-order valence-corrected chi connectivity index (χ0v) is 12.7. The Kier molecular flexibility index (Phi) is 4.50. The van der Waals surface area contributed by atoms with Crippen molar-refractivity contribution >= 4 is 16.9 Å². The van der Waals surface area contributed by atoms with Crippen molar-refractivity contribution in [1.82, 2.24) is 10.6 Å². The van der Waals surface area contributed by atoms with E-state index in [1.54, 1.807) is 0 Å². The zero-order chi connectivity index (χ0) is 14.0. The normalized spacial score (nSPS) is 34.7. The van der Waals surface area contributed by atoms with Crippen LogP contribution in [0.1, 0.15) is 40.0 Å². The first-order valence-corrected chi connectivity index (χ1v) is 8.43. The first kappa shape index (κ1) is 14.8. The fourth-order valence-electron chi connectivity index (χ4n) is 2.26. The van der Waals surface area contributed by atoms with Crippen molar-refractivity contribution in [2.45, 2.75) is 63.8 Å². The van der Waals surface area contributed by atoms with Crippen LogP contribution in [0.5, 0.6) is 0 Å². The lowest BCUT2D eigenvalue weighted by molar-refractivity contribution is 0.0522. The molecule has 19 heavy (non-hydrogen) atoms. The number of ether oxygens (including phenoxy) is 1. The van der Waals surface area contributed by atoms with Crippen LogP contribution in [-0.4, -0.2) is 45.5 Å². The number of carbonyl (C=O) groups is 1. The van der Waals surface area contributed by atoms with E-state index in [-0.39, 0.29) is 12.1 Å². The third-order valence-corrected chi connectivity index (χ3v) is 4.71. The summed E-state index contributed by atoms with van der Waals surface area (Å²) in [5.74, 6) is 1.60. The highest BCUT2D eigenvalue weighted by atomic mass is 32.2. The van der Waals surface area contributed by atoms with Gasteiger partial charge in [-0.15, -0.1) is 0 Å². The Balaban J connectivity index is 1.65. The molecule has 1 aliphatic heterocycles. The Bertz CT molecular complexity index is 357. The molecular formula is C13H24N2O3S. The molecule has 0 aromatic rings. The number of rotatable bonds is 3. The number of nitrogens with one attached hydrogen (secondary N) is 2. The van der Waals surface area contributed by atoms with E-state index in [0.29, 0.717) is 12.1 Å². The van der Waals surface area contributed by atoms with Gasteiger partial charge in [-0.3, -0.25) is 4.21 Å². The second kappa shape index (κ2) is 5.79. The summed E-state index contributed by atoms with van der Waals surface area (Å²) in [6.07, 6.45) is 2.56. The lowest BCUT2D eigenvalue weighted by Gasteiger charge is -2.23. The van der Waals surface area contributed by atoms with Crippen LogP contribution in [0.4, 0.5) is 4.79 Å². The molecule has 0 spiro atoms. The van der Waals surface area contributed by atoms with E-state index >= 15 is 0 Å². The first-order chi connectivity index (χ1) is 8.83. The van der Waals surface area contributed by atoms with E-state index in [2.05, 4.69) is 10.6 Å². The van der Waals surface area contributed by atoms with E-state index in [1.807, 2.05) is 20.8 Å². The van der Waals surface area contributed by atoms with Gasteiger partial charge in [0.1, 0.15) is 5.60 Å². The number of hydrogen-bond acceptors (Lipinski definition) is 4. The molecule has 0 aromatic heterocycles. The second-order valence-corrected chi connectivity index (χ2v) is 8.08. The molecule has 0 radical (unpaired) electrons. The van der Waals surface area contributed by atoms with E-state index < -0.39 is 16.4 Å². The molecule has 6 heteroatoms. The maximum Gasteiger partial charge on any atom is 0.407 e. The molecule has 5 nitrogen and oxygen atoms in total. The molecule has 2 rings (SSSR count). The molecule has 0 bridgehead atoms. The van der Waals surface area contributed by atoms with E-state index in [9.17, 15) is 9.00 Å². The van der Waals surface area contributed by atoms with Crippen LogP contribution in [0.25, 0.3) is 0 Å². The molecule has 2 aliphatic rings. The van der Waals surface area contributed by atoms with E-state index in [4.69, 9.17) is 4.74 Å². The highest BCUT2D eigenvalue weighted by Gasteiger charge is 2.40. The lowest BCUT2D eigenvalue weighted by Crippen LogP contribution is -2.41. The van der Waals surface area contributed by atoms with Gasteiger partial charge in [0.25, 0.3) is 0 Å². The van der Waals surface area contributed by atoms with Gasteiger partial charge in [-0.1, -0.05) is 0 Å². The Hall–Kier alpha value is -0.620. The monoisotopic (exact) mass is 288 g/mol. The van der Waals surface area contributed by atoms with Gasteiger partial charge in [0.15, 0.2) is 0 Å². The standard InChI is InChI=1S/C13H24N2O3S/c1-13(2,3)18-12(16)15-11-8-10(11)14-9-4-6-19(17)7-5-9/h9-11,14H,4-8H2,1-3H3,(H,15,16). The number of alkyl carbamates (subject to hydrolysis) is 1. The Morgan fingerprint density at radius 3 is 2.42 bits per heavy atom. The van der Waals surface area contributed by atoms with Crippen LogP contribution in [-0.2, 0) is 15.5 Å². The molecule has 1 amide bonds. The Morgan fingerprint density at radius 1 is 1.21 bits per heavy atom. The molecule has 0 aromatic carbocycles. The van der Waals surface area contributed by atoms with Crippen molar-refractivity contribution in [2.75, 3.05) is 11.5 Å². The van der Waals surface area contributed by atoms with E-state index in [0.717, 1.165) is 30.8 Å². The van der Waals surface area contributed by atoms with Gasteiger partial charge >= 0.3 is 6.09 Å². The SMILES string of the molecule is CC(C)(C)OC(=O)NC1CC1NC1CCS(=O)CC1. The third kappa shape index (κ3) is 5.10. The average molecular weight is 288 g/mol. The summed E-state index contributed by atoms with van der Waals surface area (Å²) in [6, 6.07) is 0.986. The van der Waals surface area contributed by atoms with Gasteiger partial charge < -0.3 is 15.4 Å². The van der Waals surface area contributed by atoms with Gasteiger partial charge in [0.2, 0.25) is 0 Å². The molecule has 1 saturated carbocycles. The van der Waals surface area contributed by atoms with Crippen molar-refractivity contribution < 1.29 is 13.7 Å². The summed E-state index contributed by atoms with van der Waals surface area (Å²) < 4.78 is 16.5. The molecule has 2 atom stereocenters. The van der Waals surface area contributed by atoms with Crippen molar-refractivity contribution in [3.63, 3.8) is 0 Å². The van der Waals surface area contributed by atoms with Gasteiger partial charge in [-0.05, 0) is 40.0 Å². The van der Waals surface area contributed by atoms with Gasteiger partial charge in [-0.25, -0.2) is 4.79 Å². The molecule has 2 fully saturated rings. The Morgan fingerprint density at radius 2 is 1.84 bits per heavy atom. The van der Waals surface area contributed by atoms with Crippen LogP contribution < -0.4 is 10.6 Å². The first-order valence-electron chi connectivity index (χ1n) is 6.94. The van der Waals surface area contributed by atoms with Crippen LogP contribution in [0.2, 0.25) is 0 Å². The molecule has 110 valence electrons. The van der Waals surface area contributed by atoms with Crippen LogP contribution in [0.15, 0.2) is 0 Å². The summed E-state index contributed by atoms with van der Waals surface area (Å²) in [6.45, 7) is 5.58. The Labute approximate surface area is 117 Å². The molecule has 1 heterocycles. The van der Waals surface area contributed by atoms with Crippen molar-refractivity contribution in [2.24, 2.45) is 0 Å². The third-order valence-electron chi connectivity index (χ3n) is 3.33. The van der Waals surface area contributed by atoms with Gasteiger partial charge in [0, 0.05) is 40.4 Å². The minimum atomic E-state index is -0.614. The summed E-state index contributed by atoms with van der Waals surface area (Å²) in [4.78, 5) is 11.6. The van der Waals surface area contributed by atoms with Gasteiger partial charge in [0.05, 0.1) is 0 Å². The quantitative estimate of drug-likeness (QED) is 0.817. The topological polar surface area (TPSA) is 67.4 Å². The number of carbonyl (C=O) groups excluding carboxylic acids is 1. The highest BCUT2D eigenvalue weighted by Crippen LogP contribution is 2.24. The molecular weight excluding hydrogens is 264 g/mol. The fraction of sp³-hybridized carbons (Fsp3) is 0.923. The van der Waals surface area contributed by atoms with Crippen molar-refractivity contribution in [3.05, 3.63) is 0 Å². The second-order valence-electron chi connectivity index (χ2n) is 6.38. The van der Waals surface area contributed by atoms with Crippen LogP contribution in [0.3, 0.4) is 0 Å². The minimum absolute atomic E-state index is 0.183. The van der Waals surface area contributed by atoms with Gasteiger partial charge in [-0.2, -0.15) is 0 Å². The fourth-order valence-corrected chi connectivity index (χ4v) is 3.56. The zero-order valence-electron chi connectivity index (χ0n) is 11.9. The molecule has 2 unspecified atom stereocenters. The molecule has 1 aliphatic carbocycles.